The van der Waals surface area contributed by atoms with Crippen molar-refractivity contribution in [3.05, 3.63) is 53.6 Å². The van der Waals surface area contributed by atoms with E-state index < -0.39 is 10.0 Å². The zero-order chi connectivity index (χ0) is 18.7. The number of nitrogens with zero attached hydrogens (tertiary/aromatic N) is 1. The summed E-state index contributed by atoms with van der Waals surface area (Å²) in [5, 5.41) is 2.80. The Labute approximate surface area is 154 Å². The first-order valence-electron chi connectivity index (χ1n) is 8.62. The molecular weight excluding hydrogens is 350 g/mol. The third kappa shape index (κ3) is 3.99. The third-order valence-electron chi connectivity index (χ3n) is 4.66. The molecule has 0 bridgehead atoms. The summed E-state index contributed by atoms with van der Waals surface area (Å²) in [6.45, 7) is 5.34. The Morgan fingerprint density at radius 2 is 1.65 bits per heavy atom. The SMILES string of the molecule is Cc1cccc(NS(=O)(=O)c2ccc(NC(=O)N3CCCC3)cc2)c1C. The number of rotatable bonds is 4. The number of benzene rings is 2. The van der Waals surface area contributed by atoms with Gasteiger partial charge in [-0.25, -0.2) is 13.2 Å². The highest BCUT2D eigenvalue weighted by Gasteiger charge is 2.19. The lowest BCUT2D eigenvalue weighted by Crippen LogP contribution is -2.32. The lowest BCUT2D eigenvalue weighted by molar-refractivity contribution is 0.222. The van der Waals surface area contributed by atoms with E-state index in [0.29, 0.717) is 11.4 Å². The van der Waals surface area contributed by atoms with Crippen LogP contribution in [0.25, 0.3) is 0 Å². The van der Waals surface area contributed by atoms with Crippen molar-refractivity contribution < 1.29 is 13.2 Å². The molecule has 26 heavy (non-hydrogen) atoms. The van der Waals surface area contributed by atoms with Crippen LogP contribution in [0.15, 0.2) is 47.4 Å². The topological polar surface area (TPSA) is 78.5 Å². The van der Waals surface area contributed by atoms with E-state index in [4.69, 9.17) is 0 Å². The molecule has 0 aliphatic carbocycles. The number of urea groups is 1. The molecule has 1 fully saturated rings. The van der Waals surface area contributed by atoms with Gasteiger partial charge in [0.05, 0.1) is 10.6 Å². The number of carbonyl (C=O) groups is 1. The molecule has 0 unspecified atom stereocenters. The van der Waals surface area contributed by atoms with Gasteiger partial charge in [0, 0.05) is 18.8 Å². The summed E-state index contributed by atoms with van der Waals surface area (Å²) in [5.74, 6) is 0. The molecule has 2 amide bonds. The molecule has 0 radical (unpaired) electrons. The van der Waals surface area contributed by atoms with Gasteiger partial charge >= 0.3 is 6.03 Å². The second-order valence-electron chi connectivity index (χ2n) is 6.50. The van der Waals surface area contributed by atoms with Crippen molar-refractivity contribution in [2.45, 2.75) is 31.6 Å². The fraction of sp³-hybridized carbons (Fsp3) is 0.316. The maximum absolute atomic E-state index is 12.6. The number of nitrogens with one attached hydrogen (secondary N) is 2. The second-order valence-corrected chi connectivity index (χ2v) is 8.18. The molecule has 2 aromatic rings. The Balaban J connectivity index is 1.72. The van der Waals surface area contributed by atoms with Crippen LogP contribution >= 0.6 is 0 Å². The Hall–Kier alpha value is -2.54. The Morgan fingerprint density at radius 3 is 2.31 bits per heavy atom. The third-order valence-corrected chi connectivity index (χ3v) is 6.04. The molecule has 6 nitrogen and oxygen atoms in total. The minimum absolute atomic E-state index is 0.147. The molecule has 3 rings (SSSR count). The van der Waals surface area contributed by atoms with Crippen LogP contribution in [-0.4, -0.2) is 32.4 Å². The molecular formula is C19H23N3O3S. The molecule has 2 aromatic carbocycles. The van der Waals surface area contributed by atoms with Crippen LogP contribution in [0.1, 0.15) is 24.0 Å². The first-order valence-corrected chi connectivity index (χ1v) is 10.1. The van der Waals surface area contributed by atoms with Gasteiger partial charge in [-0.3, -0.25) is 4.72 Å². The first kappa shape index (κ1) is 18.3. The fourth-order valence-electron chi connectivity index (χ4n) is 2.91. The standard InChI is InChI=1S/C19H23N3O3S/c1-14-6-5-7-18(15(14)2)21-26(24,25)17-10-8-16(9-11-17)20-19(23)22-12-3-4-13-22/h5-11,21H,3-4,12-13H2,1-2H3,(H,20,23). The average molecular weight is 373 g/mol. The van der Waals surface area contributed by atoms with Gasteiger partial charge in [-0.2, -0.15) is 0 Å². The Kier molecular flexibility index (Phi) is 5.18. The van der Waals surface area contributed by atoms with Gasteiger partial charge in [0.1, 0.15) is 0 Å². The number of likely N-dealkylation sites (tertiary alicyclic amines) is 1. The molecule has 0 atom stereocenters. The van der Waals surface area contributed by atoms with Crippen LogP contribution in [0.3, 0.4) is 0 Å². The predicted molar refractivity (Wildman–Crippen MR) is 103 cm³/mol. The van der Waals surface area contributed by atoms with E-state index in [1.54, 1.807) is 23.1 Å². The highest BCUT2D eigenvalue weighted by molar-refractivity contribution is 7.92. The van der Waals surface area contributed by atoms with Crippen molar-refractivity contribution in [3.63, 3.8) is 0 Å². The number of anilines is 2. The largest absolute Gasteiger partial charge is 0.325 e. The van der Waals surface area contributed by atoms with Crippen LogP contribution in [0.2, 0.25) is 0 Å². The fourth-order valence-corrected chi connectivity index (χ4v) is 4.03. The monoisotopic (exact) mass is 373 g/mol. The summed E-state index contributed by atoms with van der Waals surface area (Å²) in [7, 11) is -3.69. The van der Waals surface area contributed by atoms with Crippen molar-refractivity contribution in [1.82, 2.24) is 4.90 Å². The number of hydrogen-bond acceptors (Lipinski definition) is 3. The summed E-state index contributed by atoms with van der Waals surface area (Å²) < 4.78 is 27.8. The van der Waals surface area contributed by atoms with Gasteiger partial charge in [-0.1, -0.05) is 12.1 Å². The van der Waals surface area contributed by atoms with Gasteiger partial charge in [0.15, 0.2) is 0 Å². The van der Waals surface area contributed by atoms with Crippen LogP contribution in [-0.2, 0) is 10.0 Å². The van der Waals surface area contributed by atoms with E-state index in [1.807, 2.05) is 26.0 Å². The van der Waals surface area contributed by atoms with Gasteiger partial charge in [0.25, 0.3) is 10.0 Å². The highest BCUT2D eigenvalue weighted by atomic mass is 32.2. The summed E-state index contributed by atoms with van der Waals surface area (Å²) in [5.41, 5.74) is 3.06. The minimum atomic E-state index is -3.69. The average Bonchev–Trinajstić information content (AvgIpc) is 3.14. The molecule has 0 saturated carbocycles. The number of aryl methyl sites for hydroxylation is 1. The smallest absolute Gasteiger partial charge is 0.321 e. The maximum Gasteiger partial charge on any atom is 0.321 e. The highest BCUT2D eigenvalue weighted by Crippen LogP contribution is 2.23. The summed E-state index contributed by atoms with van der Waals surface area (Å²) in [6.07, 6.45) is 2.04. The van der Waals surface area contributed by atoms with E-state index in [9.17, 15) is 13.2 Å². The second kappa shape index (κ2) is 7.37. The normalized spacial score (nSPS) is 14.3. The molecule has 2 N–H and O–H groups in total. The van der Waals surface area contributed by atoms with E-state index in [0.717, 1.165) is 37.1 Å². The zero-order valence-electron chi connectivity index (χ0n) is 15.0. The molecule has 1 aliphatic heterocycles. The quantitative estimate of drug-likeness (QED) is 0.857. The molecule has 0 aromatic heterocycles. The maximum atomic E-state index is 12.6. The van der Waals surface area contributed by atoms with E-state index in [-0.39, 0.29) is 10.9 Å². The van der Waals surface area contributed by atoms with Crippen LogP contribution in [0, 0.1) is 13.8 Å². The Morgan fingerprint density at radius 1 is 1.00 bits per heavy atom. The number of amides is 2. The number of hydrogen-bond donors (Lipinski definition) is 2. The lowest BCUT2D eigenvalue weighted by atomic mass is 10.1. The van der Waals surface area contributed by atoms with Crippen LogP contribution < -0.4 is 10.0 Å². The van der Waals surface area contributed by atoms with E-state index in [2.05, 4.69) is 10.0 Å². The zero-order valence-corrected chi connectivity index (χ0v) is 15.8. The van der Waals surface area contributed by atoms with Crippen LogP contribution in [0.5, 0.6) is 0 Å². The lowest BCUT2D eigenvalue weighted by Gasteiger charge is -2.16. The van der Waals surface area contributed by atoms with Crippen molar-refractivity contribution >= 4 is 27.4 Å². The van der Waals surface area contributed by atoms with Crippen molar-refractivity contribution in [2.75, 3.05) is 23.1 Å². The Bertz CT molecular complexity index is 902. The molecule has 0 spiro atoms. The first-order chi connectivity index (χ1) is 12.4. The van der Waals surface area contributed by atoms with Crippen molar-refractivity contribution in [3.8, 4) is 0 Å². The summed E-state index contributed by atoms with van der Waals surface area (Å²) >= 11 is 0. The van der Waals surface area contributed by atoms with E-state index >= 15 is 0 Å². The molecule has 7 heteroatoms. The summed E-state index contributed by atoms with van der Waals surface area (Å²) in [6, 6.07) is 11.5. The van der Waals surface area contributed by atoms with Gasteiger partial charge in [0.2, 0.25) is 0 Å². The number of carbonyl (C=O) groups excluding carboxylic acids is 1. The predicted octanol–water partition coefficient (Wildman–Crippen LogP) is 3.73. The van der Waals surface area contributed by atoms with Crippen molar-refractivity contribution in [1.29, 1.82) is 0 Å². The minimum Gasteiger partial charge on any atom is -0.325 e. The van der Waals surface area contributed by atoms with Crippen molar-refractivity contribution in [2.24, 2.45) is 0 Å². The molecule has 1 saturated heterocycles. The van der Waals surface area contributed by atoms with Gasteiger partial charge in [-0.15, -0.1) is 0 Å². The summed E-state index contributed by atoms with van der Waals surface area (Å²) in [4.78, 5) is 14.0. The van der Waals surface area contributed by atoms with Crippen LogP contribution in [0.4, 0.5) is 16.2 Å². The number of sulfonamides is 1. The van der Waals surface area contributed by atoms with Gasteiger partial charge < -0.3 is 10.2 Å². The molecule has 1 heterocycles. The molecule has 1 aliphatic rings. The van der Waals surface area contributed by atoms with E-state index in [1.165, 1.54) is 12.1 Å². The van der Waals surface area contributed by atoms with Gasteiger partial charge in [-0.05, 0) is 68.1 Å². The molecule has 138 valence electrons.